The average Bonchev–Trinajstić information content (AvgIpc) is 2.84. The fourth-order valence-electron chi connectivity index (χ4n) is 4.18. The molecule has 1 rings (SSSR count). The second kappa shape index (κ2) is 17.4. The predicted octanol–water partition coefficient (Wildman–Crippen LogP) is -0.831. The molecule has 1 unspecified atom stereocenters. The van der Waals surface area contributed by atoms with Gasteiger partial charge in [0.25, 0.3) is 0 Å². The fourth-order valence-corrected chi connectivity index (χ4v) is 4.18. The third kappa shape index (κ3) is 14.1. The molecule has 41 heavy (non-hydrogen) atoms. The number of benzene rings is 1. The lowest BCUT2D eigenvalue weighted by Gasteiger charge is -2.35. The molecule has 1 aromatic rings. The van der Waals surface area contributed by atoms with Crippen molar-refractivity contribution in [1.82, 2.24) is 14.7 Å². The third-order valence-electron chi connectivity index (χ3n) is 5.86. The van der Waals surface area contributed by atoms with Gasteiger partial charge in [-0.15, -0.1) is 0 Å². The molecule has 0 amide bonds. The molecule has 0 heterocycles. The Bertz CT molecular complexity index is 1050. The van der Waals surface area contributed by atoms with Crippen molar-refractivity contribution in [3.8, 4) is 5.75 Å². The molecule has 0 aromatic heterocycles. The van der Waals surface area contributed by atoms with E-state index in [2.05, 4.69) is 0 Å². The van der Waals surface area contributed by atoms with Crippen LogP contribution in [-0.2, 0) is 35.2 Å². The molecule has 16 nitrogen and oxygen atoms in total. The minimum Gasteiger partial charge on any atom is -0.494 e. The number of hydrogen-bond acceptors (Lipinski definition) is 10. The second-order valence-corrected chi connectivity index (χ2v) is 9.07. The van der Waals surface area contributed by atoms with E-state index in [1.54, 1.807) is 31.2 Å². The first-order chi connectivity index (χ1) is 19.2. The molecule has 0 aliphatic carbocycles. The van der Waals surface area contributed by atoms with Gasteiger partial charge in [-0.25, -0.2) is 0 Å². The van der Waals surface area contributed by atoms with Crippen molar-refractivity contribution < 1.29 is 64.1 Å². The topological polar surface area (TPSA) is 243 Å². The number of hydrogen-bond donors (Lipinski definition) is 6. The van der Waals surface area contributed by atoms with Crippen LogP contribution in [0.2, 0.25) is 0 Å². The van der Waals surface area contributed by atoms with Gasteiger partial charge >= 0.3 is 35.8 Å². The smallest absolute Gasteiger partial charge is 0.321 e. The van der Waals surface area contributed by atoms with Gasteiger partial charge in [-0.3, -0.25) is 43.5 Å². The summed E-state index contributed by atoms with van der Waals surface area (Å²) in [5.74, 6) is -7.88. The van der Waals surface area contributed by atoms with Crippen LogP contribution >= 0.6 is 0 Å². The van der Waals surface area contributed by atoms with Gasteiger partial charge in [-0.2, -0.15) is 0 Å². The summed E-state index contributed by atoms with van der Waals surface area (Å²) in [7, 11) is 0. The minimum atomic E-state index is -1.72. The Balaban J connectivity index is 3.34. The molecule has 0 saturated carbocycles. The summed E-state index contributed by atoms with van der Waals surface area (Å²) in [5, 5.41) is 56.1. The molecule has 0 aliphatic heterocycles. The summed E-state index contributed by atoms with van der Waals surface area (Å²) in [6.07, 6.45) is -0.814. The van der Waals surface area contributed by atoms with Gasteiger partial charge in [0.2, 0.25) is 0 Å². The van der Waals surface area contributed by atoms with Gasteiger partial charge < -0.3 is 35.4 Å². The van der Waals surface area contributed by atoms with Crippen LogP contribution < -0.4 is 4.74 Å². The first-order valence-electron chi connectivity index (χ1n) is 12.5. The molecular weight excluding hydrogens is 550 g/mol. The van der Waals surface area contributed by atoms with E-state index in [1.807, 2.05) is 0 Å². The highest BCUT2D eigenvalue weighted by molar-refractivity contribution is 5.81. The molecule has 0 radical (unpaired) electrons. The van der Waals surface area contributed by atoms with Crippen LogP contribution in [0.15, 0.2) is 24.3 Å². The van der Waals surface area contributed by atoms with Crippen molar-refractivity contribution in [2.24, 2.45) is 0 Å². The zero-order valence-corrected chi connectivity index (χ0v) is 22.4. The normalized spacial score (nSPS) is 12.7. The van der Waals surface area contributed by atoms with E-state index in [1.165, 1.54) is 4.90 Å². The summed E-state index contributed by atoms with van der Waals surface area (Å²) >= 11 is 0. The molecule has 0 bridgehead atoms. The van der Waals surface area contributed by atoms with E-state index in [0.717, 1.165) is 9.80 Å². The van der Waals surface area contributed by atoms with Crippen LogP contribution in [0.3, 0.4) is 0 Å². The Hall–Kier alpha value is -4.28. The van der Waals surface area contributed by atoms with Crippen molar-refractivity contribution >= 4 is 35.8 Å². The Morgan fingerprint density at radius 3 is 1.66 bits per heavy atom. The second-order valence-electron chi connectivity index (χ2n) is 9.07. The fraction of sp³-hybridized carbons (Fsp3) is 0.520. The third-order valence-corrected chi connectivity index (χ3v) is 5.86. The highest BCUT2D eigenvalue weighted by Crippen LogP contribution is 2.17. The number of carboxylic acids is 6. The maximum atomic E-state index is 11.7. The van der Waals surface area contributed by atoms with Crippen LogP contribution in [0.4, 0.5) is 0 Å². The van der Waals surface area contributed by atoms with E-state index in [9.17, 15) is 54.3 Å². The van der Waals surface area contributed by atoms with Crippen LogP contribution in [-0.4, -0.2) is 146 Å². The van der Waals surface area contributed by atoms with Gasteiger partial charge in [-0.1, -0.05) is 12.1 Å². The van der Waals surface area contributed by atoms with Crippen LogP contribution in [0.5, 0.6) is 5.75 Å². The van der Waals surface area contributed by atoms with Crippen molar-refractivity contribution in [2.75, 3.05) is 52.4 Å². The molecular formula is C25H35N3O13. The molecule has 228 valence electrons. The molecule has 0 spiro atoms. The molecule has 6 N–H and O–H groups in total. The summed E-state index contributed by atoms with van der Waals surface area (Å²) < 4.78 is 5.40. The van der Waals surface area contributed by atoms with E-state index in [4.69, 9.17) is 9.84 Å². The van der Waals surface area contributed by atoms with Crippen molar-refractivity contribution in [3.05, 3.63) is 29.8 Å². The van der Waals surface area contributed by atoms with E-state index in [0.29, 0.717) is 17.9 Å². The lowest BCUT2D eigenvalue weighted by atomic mass is 10.0. The number of rotatable bonds is 22. The van der Waals surface area contributed by atoms with E-state index >= 15 is 0 Å². The van der Waals surface area contributed by atoms with Crippen LogP contribution in [0, 0.1) is 0 Å². The number of aliphatic carboxylic acids is 6. The summed E-state index contributed by atoms with van der Waals surface area (Å²) in [5.41, 5.74) is 0.661. The first kappa shape index (κ1) is 34.7. The van der Waals surface area contributed by atoms with Crippen molar-refractivity contribution in [2.45, 2.75) is 31.8 Å². The molecule has 1 aromatic carbocycles. The summed E-state index contributed by atoms with van der Waals surface area (Å²) in [6.45, 7) is -1.43. The first-order valence-corrected chi connectivity index (χ1v) is 12.5. The minimum absolute atomic E-state index is 0.0959. The zero-order chi connectivity index (χ0) is 31.1. The standard InChI is InChI=1S/C25H35N3O13/c1-2-41-18-5-3-16(4-6-18)9-17(28(14-23(35)36)15-24(37)38)11-26(12-21(31)32)7-8-27(13-22(33)34)19(25(39)40)10-20(29)30/h3-6,17,19H,2,7-15H2,1H3,(H,29,30)(H,31,32)(H,33,34)(H,35,36)(H,37,38)(H,39,40)/t17-,19?/m0/s1. The van der Waals surface area contributed by atoms with Gasteiger partial charge in [0.1, 0.15) is 11.8 Å². The Labute approximate surface area is 234 Å². The van der Waals surface area contributed by atoms with Crippen molar-refractivity contribution in [1.29, 1.82) is 0 Å². The lowest BCUT2D eigenvalue weighted by molar-refractivity contribution is -0.152. The number of nitrogens with zero attached hydrogens (tertiary/aromatic N) is 3. The van der Waals surface area contributed by atoms with Gasteiger partial charge in [0.15, 0.2) is 0 Å². The molecule has 0 fully saturated rings. The van der Waals surface area contributed by atoms with Crippen LogP contribution in [0.1, 0.15) is 18.9 Å². The average molecular weight is 586 g/mol. The van der Waals surface area contributed by atoms with Gasteiger partial charge in [0.05, 0.1) is 39.2 Å². The quantitative estimate of drug-likeness (QED) is 0.0972. The molecule has 0 saturated heterocycles. The summed E-state index contributed by atoms with van der Waals surface area (Å²) in [6, 6.07) is 4.14. The zero-order valence-electron chi connectivity index (χ0n) is 22.4. The Kier molecular flexibility index (Phi) is 14.8. The van der Waals surface area contributed by atoms with Gasteiger partial charge in [-0.05, 0) is 31.0 Å². The van der Waals surface area contributed by atoms with Crippen LogP contribution in [0.25, 0.3) is 0 Å². The SMILES string of the molecule is CCOc1ccc(C[C@@H](CN(CCN(CC(=O)O)C(CC(=O)O)C(=O)O)CC(=O)O)N(CC(=O)O)CC(=O)O)cc1. The summed E-state index contributed by atoms with van der Waals surface area (Å²) in [4.78, 5) is 72.3. The lowest BCUT2D eigenvalue weighted by Crippen LogP contribution is -2.52. The highest BCUT2D eigenvalue weighted by atomic mass is 16.5. The Morgan fingerprint density at radius 1 is 0.707 bits per heavy atom. The number of ether oxygens (including phenoxy) is 1. The Morgan fingerprint density at radius 2 is 1.22 bits per heavy atom. The van der Waals surface area contributed by atoms with Crippen molar-refractivity contribution in [3.63, 3.8) is 0 Å². The largest absolute Gasteiger partial charge is 0.494 e. The number of carboxylic acid groups (broad SMARTS) is 6. The van der Waals surface area contributed by atoms with E-state index in [-0.39, 0.29) is 26.1 Å². The maximum Gasteiger partial charge on any atom is 0.321 e. The van der Waals surface area contributed by atoms with E-state index < -0.39 is 80.5 Å². The molecule has 0 aliphatic rings. The number of carbonyl (C=O) groups is 6. The maximum absolute atomic E-state index is 11.7. The highest BCUT2D eigenvalue weighted by Gasteiger charge is 2.31. The molecule has 16 heteroatoms. The van der Waals surface area contributed by atoms with Gasteiger partial charge in [0, 0.05) is 25.7 Å². The predicted molar refractivity (Wildman–Crippen MR) is 139 cm³/mol. The molecule has 2 atom stereocenters. The monoisotopic (exact) mass is 585 g/mol.